The largest absolute Gasteiger partial charge is 0.388 e. The summed E-state index contributed by atoms with van der Waals surface area (Å²) in [6.45, 7) is 0. The van der Waals surface area contributed by atoms with Crippen molar-refractivity contribution in [3.63, 3.8) is 0 Å². The van der Waals surface area contributed by atoms with Crippen LogP contribution in [0.15, 0.2) is 48.5 Å². The number of carbonyl (C=O) groups is 2. The van der Waals surface area contributed by atoms with Gasteiger partial charge in [0.05, 0.1) is 27.7 Å². The van der Waals surface area contributed by atoms with Crippen LogP contribution in [0.25, 0.3) is 43.6 Å². The summed E-state index contributed by atoms with van der Waals surface area (Å²) in [6.07, 6.45) is -4.41. The minimum absolute atomic E-state index is 0.132. The van der Waals surface area contributed by atoms with Crippen LogP contribution in [0.3, 0.4) is 0 Å². The highest BCUT2D eigenvalue weighted by atomic mass is 16.7. The molecule has 2 amide bonds. The first-order chi connectivity index (χ1) is 17.5. The number of imide groups is 1. The summed E-state index contributed by atoms with van der Waals surface area (Å²) < 4.78 is 15.3. The molecule has 3 aromatic carbocycles. The van der Waals surface area contributed by atoms with Crippen LogP contribution < -0.4 is 0 Å². The van der Waals surface area contributed by atoms with Crippen LogP contribution in [0.5, 0.6) is 0 Å². The van der Waals surface area contributed by atoms with Gasteiger partial charge in [0.2, 0.25) is 0 Å². The Bertz CT molecular complexity index is 1840. The van der Waals surface area contributed by atoms with E-state index in [4.69, 9.17) is 9.47 Å². The predicted octanol–water partition coefficient (Wildman–Crippen LogP) is 2.67. The number of hydroxylamine groups is 2. The van der Waals surface area contributed by atoms with Crippen LogP contribution in [-0.4, -0.2) is 67.0 Å². The Balaban J connectivity index is 1.69. The zero-order valence-corrected chi connectivity index (χ0v) is 18.8. The molecule has 3 N–H and O–H groups in total. The highest BCUT2D eigenvalue weighted by molar-refractivity contribution is 6.39. The van der Waals surface area contributed by atoms with Crippen molar-refractivity contribution in [3.8, 4) is 0 Å². The van der Waals surface area contributed by atoms with Gasteiger partial charge in [0.1, 0.15) is 18.2 Å². The van der Waals surface area contributed by atoms with Gasteiger partial charge in [-0.15, -0.1) is 5.06 Å². The number of hydrogen-bond donors (Lipinski definition) is 3. The van der Waals surface area contributed by atoms with Gasteiger partial charge in [0.25, 0.3) is 11.8 Å². The lowest BCUT2D eigenvalue weighted by Gasteiger charge is -2.46. The minimum Gasteiger partial charge on any atom is -0.388 e. The molecule has 3 aliphatic heterocycles. The number of nitrogens with zero attached hydrogens (tertiary/aromatic N) is 3. The van der Waals surface area contributed by atoms with Crippen molar-refractivity contribution in [1.29, 1.82) is 0 Å². The maximum absolute atomic E-state index is 13.3. The number of rotatable bonds is 1. The van der Waals surface area contributed by atoms with Crippen molar-refractivity contribution in [2.45, 2.75) is 30.8 Å². The monoisotopic (exact) mass is 485 g/mol. The maximum Gasteiger partial charge on any atom is 0.286 e. The van der Waals surface area contributed by atoms with Crippen molar-refractivity contribution in [1.82, 2.24) is 14.2 Å². The number of carbonyl (C=O) groups excluding carboxylic acids is 2. The standard InChI is InChI=1S/C26H19N3O7/c1-35-22-21(30)20-25(36-26(22)33)28-13-9-5-3-7-11(13)15-17-16(23(31)29(34)24(17)32)14-10-6-2-4-8-12(10)27(20)18(14)19(15)28/h2-9,20-22,25-26,30,33-34H,1H3. The summed E-state index contributed by atoms with van der Waals surface area (Å²) in [6, 6.07) is 14.1. The molecule has 10 heteroatoms. The fraction of sp³-hybridized carbons (Fsp3) is 0.231. The number of aromatic nitrogens is 2. The summed E-state index contributed by atoms with van der Waals surface area (Å²) in [5, 5.41) is 35.3. The molecule has 8 rings (SSSR count). The molecule has 5 atom stereocenters. The molecule has 36 heavy (non-hydrogen) atoms. The van der Waals surface area contributed by atoms with Gasteiger partial charge >= 0.3 is 0 Å². The summed E-state index contributed by atoms with van der Waals surface area (Å²) in [5.41, 5.74) is 2.98. The number of benzene rings is 3. The van der Waals surface area contributed by atoms with Gasteiger partial charge in [0, 0.05) is 34.2 Å². The number of hydrogen-bond acceptors (Lipinski definition) is 7. The summed E-state index contributed by atoms with van der Waals surface area (Å²) in [7, 11) is 1.40. The molecule has 5 heterocycles. The molecule has 0 saturated carbocycles. The number of aliphatic hydroxyl groups is 2. The SMILES string of the molecule is COC1C(O)OC2C(C1O)n1c3ccccc3c3c4c(c5c6ccccc6n2c5c31)C(=O)N(O)C4=O. The topological polar surface area (TPSA) is 126 Å². The quantitative estimate of drug-likeness (QED) is 0.246. The third-order valence-corrected chi connectivity index (χ3v) is 7.97. The predicted molar refractivity (Wildman–Crippen MR) is 127 cm³/mol. The molecule has 0 aliphatic carbocycles. The van der Waals surface area contributed by atoms with E-state index in [1.807, 2.05) is 57.7 Å². The minimum atomic E-state index is -1.40. The van der Waals surface area contributed by atoms with Crippen LogP contribution in [0.4, 0.5) is 0 Å². The molecule has 5 aromatic rings. The molecule has 180 valence electrons. The van der Waals surface area contributed by atoms with E-state index in [0.29, 0.717) is 38.1 Å². The first kappa shape index (κ1) is 20.4. The zero-order valence-electron chi connectivity index (χ0n) is 18.8. The molecule has 0 bridgehead atoms. The van der Waals surface area contributed by atoms with E-state index in [2.05, 4.69) is 0 Å². The Hall–Kier alpha value is -3.80. The number of methoxy groups -OCH3 is 1. The average molecular weight is 485 g/mol. The van der Waals surface area contributed by atoms with E-state index < -0.39 is 42.6 Å². The van der Waals surface area contributed by atoms with Crippen LogP contribution in [-0.2, 0) is 9.47 Å². The molecule has 3 aliphatic rings. The van der Waals surface area contributed by atoms with E-state index in [1.165, 1.54) is 7.11 Å². The van der Waals surface area contributed by atoms with Gasteiger partial charge in [-0.1, -0.05) is 36.4 Å². The Morgan fingerprint density at radius 3 is 1.94 bits per heavy atom. The summed E-state index contributed by atoms with van der Waals surface area (Å²) in [5.74, 6) is -1.58. The van der Waals surface area contributed by atoms with Gasteiger partial charge in [0.15, 0.2) is 12.5 Å². The lowest BCUT2D eigenvalue weighted by atomic mass is 9.94. The second-order valence-corrected chi connectivity index (χ2v) is 9.49. The molecular weight excluding hydrogens is 466 g/mol. The van der Waals surface area contributed by atoms with Gasteiger partial charge in [-0.3, -0.25) is 14.8 Å². The smallest absolute Gasteiger partial charge is 0.286 e. The van der Waals surface area contributed by atoms with Crippen molar-refractivity contribution in [2.24, 2.45) is 0 Å². The number of ether oxygens (including phenoxy) is 2. The first-order valence-electron chi connectivity index (χ1n) is 11.6. The molecule has 2 aromatic heterocycles. The Labute approximate surface area is 202 Å². The Morgan fingerprint density at radius 1 is 0.833 bits per heavy atom. The fourth-order valence-corrected chi connectivity index (χ4v) is 6.64. The molecule has 0 radical (unpaired) electrons. The normalized spacial score (nSPS) is 27.2. The van der Waals surface area contributed by atoms with Crippen molar-refractivity contribution >= 4 is 55.4 Å². The molecule has 1 fully saturated rings. The van der Waals surface area contributed by atoms with E-state index >= 15 is 0 Å². The van der Waals surface area contributed by atoms with Crippen molar-refractivity contribution in [3.05, 3.63) is 59.7 Å². The maximum atomic E-state index is 13.3. The van der Waals surface area contributed by atoms with E-state index in [1.54, 1.807) is 0 Å². The number of aliphatic hydroxyl groups excluding tert-OH is 2. The average Bonchev–Trinajstić information content (AvgIpc) is 3.47. The molecule has 0 spiro atoms. The number of para-hydroxylation sites is 2. The zero-order chi connectivity index (χ0) is 24.6. The van der Waals surface area contributed by atoms with Crippen LogP contribution in [0.1, 0.15) is 33.0 Å². The third kappa shape index (κ3) is 2.05. The number of fused-ring (bicyclic) bond motifs is 12. The van der Waals surface area contributed by atoms with Crippen LogP contribution in [0.2, 0.25) is 0 Å². The Morgan fingerprint density at radius 2 is 1.36 bits per heavy atom. The van der Waals surface area contributed by atoms with Gasteiger partial charge in [-0.05, 0) is 12.1 Å². The summed E-state index contributed by atoms with van der Waals surface area (Å²) in [4.78, 5) is 26.5. The van der Waals surface area contributed by atoms with Crippen molar-refractivity contribution in [2.75, 3.05) is 7.11 Å². The van der Waals surface area contributed by atoms with Crippen LogP contribution >= 0.6 is 0 Å². The van der Waals surface area contributed by atoms with Gasteiger partial charge < -0.3 is 28.8 Å². The highest BCUT2D eigenvalue weighted by Gasteiger charge is 2.52. The number of amides is 2. The van der Waals surface area contributed by atoms with E-state index in [0.717, 1.165) is 5.52 Å². The van der Waals surface area contributed by atoms with Crippen LogP contribution in [0, 0.1) is 0 Å². The van der Waals surface area contributed by atoms with Gasteiger partial charge in [-0.25, -0.2) is 0 Å². The summed E-state index contributed by atoms with van der Waals surface area (Å²) >= 11 is 0. The van der Waals surface area contributed by atoms with E-state index in [-0.39, 0.29) is 16.2 Å². The highest BCUT2D eigenvalue weighted by Crippen LogP contribution is 2.54. The second-order valence-electron chi connectivity index (χ2n) is 9.49. The second kappa shape index (κ2) is 6.49. The third-order valence-electron chi connectivity index (χ3n) is 7.97. The lowest BCUT2D eigenvalue weighted by molar-refractivity contribution is -0.287. The molecule has 10 nitrogen and oxygen atoms in total. The van der Waals surface area contributed by atoms with E-state index in [9.17, 15) is 25.0 Å². The molecule has 1 saturated heterocycles. The fourth-order valence-electron chi connectivity index (χ4n) is 6.64. The lowest BCUT2D eigenvalue weighted by Crippen LogP contribution is -2.54. The Kier molecular flexibility index (Phi) is 3.68. The van der Waals surface area contributed by atoms with Crippen molar-refractivity contribution < 1.29 is 34.5 Å². The first-order valence-corrected chi connectivity index (χ1v) is 11.6. The molecule has 5 unspecified atom stereocenters. The van der Waals surface area contributed by atoms with Gasteiger partial charge in [-0.2, -0.15) is 0 Å². The molecular formula is C26H19N3O7.